The van der Waals surface area contributed by atoms with E-state index in [-0.39, 0.29) is 17.3 Å². The second kappa shape index (κ2) is 12.8. The lowest BCUT2D eigenvalue weighted by Crippen LogP contribution is -2.44. The van der Waals surface area contributed by atoms with Crippen LogP contribution in [-0.2, 0) is 10.0 Å². The summed E-state index contributed by atoms with van der Waals surface area (Å²) in [7, 11) is -0.159. The summed E-state index contributed by atoms with van der Waals surface area (Å²) in [6.45, 7) is 11.6. The van der Waals surface area contributed by atoms with Crippen LogP contribution in [0.15, 0.2) is 90.1 Å². The molecule has 6 rings (SSSR count). The van der Waals surface area contributed by atoms with E-state index in [1.807, 2.05) is 25.1 Å². The number of hydrogen-bond acceptors (Lipinski definition) is 7. The lowest BCUT2D eigenvalue weighted by Gasteiger charge is -2.35. The molecular formula is C38H43N5O4S. The highest BCUT2D eigenvalue weighted by Gasteiger charge is 2.25. The van der Waals surface area contributed by atoms with Crippen molar-refractivity contribution in [3.63, 3.8) is 0 Å². The van der Waals surface area contributed by atoms with Crippen molar-refractivity contribution in [2.45, 2.75) is 38.2 Å². The number of likely N-dealkylation sites (N-methyl/N-ethyl adjacent to an activating group) is 2. The van der Waals surface area contributed by atoms with Gasteiger partial charge in [0.25, 0.3) is 15.9 Å². The third-order valence-corrected chi connectivity index (χ3v) is 10.6. The first-order valence-electron chi connectivity index (χ1n) is 16.2. The number of amides is 1. The topological polar surface area (TPSA) is 99.0 Å². The molecule has 250 valence electrons. The molecule has 9 nitrogen and oxygen atoms in total. The summed E-state index contributed by atoms with van der Waals surface area (Å²) >= 11 is 0. The van der Waals surface area contributed by atoms with E-state index in [1.165, 1.54) is 20.1 Å². The SMILES string of the molecule is Cc1ccc(S(=O)(=O)n2cc(-c3ccc(C(=O)N(C)CC(C)(C)O)cc3)c3cc(-c4ccc(N5CCN(C)CC5)c(C)c4)cnc32)cc1. The number of benzene rings is 3. The number of carbonyl (C=O) groups is 1. The maximum atomic E-state index is 14.0. The van der Waals surface area contributed by atoms with Gasteiger partial charge in [0.2, 0.25) is 0 Å². The predicted octanol–water partition coefficient (Wildman–Crippen LogP) is 5.82. The Hall–Kier alpha value is -4.51. The fourth-order valence-corrected chi connectivity index (χ4v) is 7.70. The standard InChI is InChI=1S/C38H43N5O4S/c1-26-7-14-32(15-8-26)48(46,47)43-24-34(28-9-11-29(12-10-28)37(44)41(6)25-38(3,4)45)33-22-31(23-39-36(33)43)30-13-16-35(27(2)21-30)42-19-17-40(5)18-20-42/h7-16,21-24,45H,17-20,25H2,1-6H3. The minimum Gasteiger partial charge on any atom is -0.389 e. The number of aromatic nitrogens is 2. The molecule has 0 saturated carbocycles. The molecule has 1 aliphatic heterocycles. The van der Waals surface area contributed by atoms with E-state index in [0.717, 1.165) is 48.4 Å². The molecule has 0 unspecified atom stereocenters. The Morgan fingerprint density at radius 1 is 0.896 bits per heavy atom. The zero-order chi connectivity index (χ0) is 34.4. The maximum absolute atomic E-state index is 14.0. The summed E-state index contributed by atoms with van der Waals surface area (Å²) < 4.78 is 29.2. The molecule has 0 atom stereocenters. The molecule has 0 spiro atoms. The number of hydrogen-bond donors (Lipinski definition) is 1. The van der Waals surface area contributed by atoms with Gasteiger partial charge in [-0.05, 0) is 93.9 Å². The molecule has 1 fully saturated rings. The number of carbonyl (C=O) groups excluding carboxylic acids is 1. The van der Waals surface area contributed by atoms with E-state index in [0.29, 0.717) is 22.2 Å². The molecule has 0 radical (unpaired) electrons. The molecule has 2 aromatic heterocycles. The first kappa shape index (κ1) is 33.4. The molecule has 0 aliphatic carbocycles. The zero-order valence-electron chi connectivity index (χ0n) is 28.4. The number of piperazine rings is 1. The van der Waals surface area contributed by atoms with Gasteiger partial charge in [-0.3, -0.25) is 4.79 Å². The lowest BCUT2D eigenvalue weighted by molar-refractivity contribution is 0.0368. The molecule has 5 aromatic rings. The summed E-state index contributed by atoms with van der Waals surface area (Å²) in [6, 6.07) is 22.3. The highest BCUT2D eigenvalue weighted by Crippen LogP contribution is 2.36. The summed E-state index contributed by atoms with van der Waals surface area (Å²) in [5.41, 5.74) is 6.44. The van der Waals surface area contributed by atoms with Gasteiger partial charge in [-0.25, -0.2) is 17.4 Å². The lowest BCUT2D eigenvalue weighted by atomic mass is 9.99. The number of rotatable bonds is 8. The fraction of sp³-hybridized carbons (Fsp3) is 0.316. The molecular weight excluding hydrogens is 623 g/mol. The monoisotopic (exact) mass is 665 g/mol. The van der Waals surface area contributed by atoms with Gasteiger partial charge in [0, 0.05) is 79.9 Å². The third-order valence-electron chi connectivity index (χ3n) is 8.98. The number of anilines is 1. The second-order valence-corrected chi connectivity index (χ2v) is 15.4. The summed E-state index contributed by atoms with van der Waals surface area (Å²) in [4.78, 5) is 24.3. The van der Waals surface area contributed by atoms with Crippen LogP contribution in [0.3, 0.4) is 0 Å². The van der Waals surface area contributed by atoms with Crippen LogP contribution >= 0.6 is 0 Å². The van der Waals surface area contributed by atoms with Crippen LogP contribution in [0, 0.1) is 13.8 Å². The molecule has 10 heteroatoms. The van der Waals surface area contributed by atoms with Crippen LogP contribution in [0.5, 0.6) is 0 Å². The normalized spacial score (nSPS) is 14.4. The van der Waals surface area contributed by atoms with Crippen LogP contribution in [0.4, 0.5) is 5.69 Å². The minimum absolute atomic E-state index is 0.174. The molecule has 1 saturated heterocycles. The van der Waals surface area contributed by atoms with Crippen molar-refractivity contribution >= 4 is 32.7 Å². The first-order chi connectivity index (χ1) is 22.7. The van der Waals surface area contributed by atoms with Gasteiger partial charge < -0.3 is 19.8 Å². The number of pyridine rings is 1. The Labute approximate surface area is 283 Å². The molecule has 0 bridgehead atoms. The Bertz CT molecular complexity index is 2070. The fourth-order valence-electron chi connectivity index (χ4n) is 6.38. The highest BCUT2D eigenvalue weighted by atomic mass is 32.2. The van der Waals surface area contributed by atoms with Crippen LogP contribution in [0.1, 0.15) is 35.3 Å². The van der Waals surface area contributed by atoms with Gasteiger partial charge in [-0.1, -0.05) is 35.9 Å². The number of nitrogens with zero attached hydrogens (tertiary/aromatic N) is 5. The van der Waals surface area contributed by atoms with Crippen molar-refractivity contribution in [1.29, 1.82) is 0 Å². The maximum Gasteiger partial charge on any atom is 0.269 e. The van der Waals surface area contributed by atoms with Crippen LogP contribution in [-0.4, -0.2) is 90.6 Å². The predicted molar refractivity (Wildman–Crippen MR) is 192 cm³/mol. The van der Waals surface area contributed by atoms with Crippen molar-refractivity contribution < 1.29 is 18.3 Å². The van der Waals surface area contributed by atoms with E-state index < -0.39 is 15.6 Å². The molecule has 3 aromatic carbocycles. The minimum atomic E-state index is -3.97. The van der Waals surface area contributed by atoms with Gasteiger partial charge in [-0.2, -0.15) is 0 Å². The smallest absolute Gasteiger partial charge is 0.269 e. The molecule has 1 aliphatic rings. The molecule has 3 heterocycles. The van der Waals surface area contributed by atoms with Crippen LogP contribution in [0.25, 0.3) is 33.3 Å². The summed E-state index contributed by atoms with van der Waals surface area (Å²) in [6.07, 6.45) is 3.35. The molecule has 48 heavy (non-hydrogen) atoms. The first-order valence-corrected chi connectivity index (χ1v) is 17.6. The van der Waals surface area contributed by atoms with Gasteiger partial charge in [0.1, 0.15) is 0 Å². The van der Waals surface area contributed by atoms with E-state index in [1.54, 1.807) is 69.7 Å². The van der Waals surface area contributed by atoms with Crippen molar-refractivity contribution in [3.8, 4) is 22.3 Å². The van der Waals surface area contributed by atoms with Crippen molar-refractivity contribution in [3.05, 3.63) is 102 Å². The van der Waals surface area contributed by atoms with E-state index in [4.69, 9.17) is 4.98 Å². The second-order valence-electron chi connectivity index (χ2n) is 13.6. The third kappa shape index (κ3) is 6.74. The Kier molecular flexibility index (Phi) is 8.93. The molecule has 1 N–H and O–H groups in total. The average molecular weight is 666 g/mol. The Morgan fingerprint density at radius 2 is 1.54 bits per heavy atom. The highest BCUT2D eigenvalue weighted by molar-refractivity contribution is 7.90. The quantitative estimate of drug-likeness (QED) is 0.223. The van der Waals surface area contributed by atoms with Crippen LogP contribution < -0.4 is 4.90 Å². The van der Waals surface area contributed by atoms with Gasteiger partial charge in [0.15, 0.2) is 5.65 Å². The van der Waals surface area contributed by atoms with E-state index >= 15 is 0 Å². The largest absolute Gasteiger partial charge is 0.389 e. The Balaban J connectivity index is 1.42. The van der Waals surface area contributed by atoms with Gasteiger partial charge in [-0.15, -0.1) is 0 Å². The number of aryl methyl sites for hydroxylation is 2. The van der Waals surface area contributed by atoms with E-state index in [9.17, 15) is 18.3 Å². The van der Waals surface area contributed by atoms with Gasteiger partial charge in [0.05, 0.1) is 10.5 Å². The summed E-state index contributed by atoms with van der Waals surface area (Å²) in [5, 5.41) is 10.9. The van der Waals surface area contributed by atoms with Gasteiger partial charge >= 0.3 is 0 Å². The van der Waals surface area contributed by atoms with Crippen LogP contribution in [0.2, 0.25) is 0 Å². The zero-order valence-corrected chi connectivity index (χ0v) is 29.3. The average Bonchev–Trinajstić information content (AvgIpc) is 3.44. The van der Waals surface area contributed by atoms with E-state index in [2.05, 4.69) is 42.0 Å². The van der Waals surface area contributed by atoms with Crippen molar-refractivity contribution in [2.75, 3.05) is 51.7 Å². The Morgan fingerprint density at radius 3 is 2.17 bits per heavy atom. The van der Waals surface area contributed by atoms with Crippen molar-refractivity contribution in [1.82, 2.24) is 18.8 Å². The summed E-state index contributed by atoms with van der Waals surface area (Å²) in [5.74, 6) is -0.215. The van der Waals surface area contributed by atoms with Crippen molar-refractivity contribution in [2.24, 2.45) is 0 Å². The number of fused-ring (bicyclic) bond motifs is 1. The number of aliphatic hydroxyl groups is 1. The molecule has 1 amide bonds.